The van der Waals surface area contributed by atoms with Crippen molar-refractivity contribution in [2.45, 2.75) is 32.0 Å². The lowest BCUT2D eigenvalue weighted by atomic mass is 9.98. The maximum absolute atomic E-state index is 10.4. The van der Waals surface area contributed by atoms with Crippen LogP contribution < -0.4 is 4.74 Å². The maximum Gasteiger partial charge on any atom is 0.129 e. The molecule has 0 spiro atoms. The Morgan fingerprint density at radius 1 is 1.32 bits per heavy atom. The van der Waals surface area contributed by atoms with Gasteiger partial charge in [0.05, 0.1) is 11.9 Å². The van der Waals surface area contributed by atoms with Gasteiger partial charge >= 0.3 is 0 Å². The van der Waals surface area contributed by atoms with Crippen molar-refractivity contribution in [1.29, 1.82) is 0 Å². The Morgan fingerprint density at radius 3 is 2.89 bits per heavy atom. The molecule has 0 bridgehead atoms. The average Bonchev–Trinajstić information content (AvgIpc) is 2.72. The first-order chi connectivity index (χ1) is 9.07. The highest BCUT2D eigenvalue weighted by Crippen LogP contribution is 2.40. The second-order valence-electron chi connectivity index (χ2n) is 5.41. The van der Waals surface area contributed by atoms with Gasteiger partial charge in [0.25, 0.3) is 0 Å². The minimum Gasteiger partial charge on any atom is -0.487 e. The summed E-state index contributed by atoms with van der Waals surface area (Å²) >= 11 is 0. The Kier molecular flexibility index (Phi) is 2.75. The molecule has 2 heterocycles. The maximum atomic E-state index is 10.4. The van der Waals surface area contributed by atoms with Gasteiger partial charge in [-0.3, -0.25) is 9.97 Å². The van der Waals surface area contributed by atoms with Gasteiger partial charge in [-0.05, 0) is 19.4 Å². The lowest BCUT2D eigenvalue weighted by Gasteiger charge is -2.19. The third-order valence-corrected chi connectivity index (χ3v) is 3.28. The molecule has 0 radical (unpaired) electrons. The van der Waals surface area contributed by atoms with Crippen molar-refractivity contribution in [3.8, 4) is 5.75 Å². The molecule has 1 unspecified atom stereocenters. The van der Waals surface area contributed by atoms with E-state index in [1.807, 2.05) is 32.0 Å². The van der Waals surface area contributed by atoms with E-state index in [4.69, 9.17) is 4.74 Å². The Labute approximate surface area is 112 Å². The van der Waals surface area contributed by atoms with Crippen molar-refractivity contribution >= 4 is 0 Å². The highest BCUT2D eigenvalue weighted by atomic mass is 16.5. The number of para-hydroxylation sites is 1. The number of rotatable bonds is 2. The molecule has 98 valence electrons. The van der Waals surface area contributed by atoms with Crippen LogP contribution in [0.25, 0.3) is 0 Å². The zero-order valence-corrected chi connectivity index (χ0v) is 11.0. The fourth-order valence-corrected chi connectivity index (χ4v) is 2.47. The normalized spacial score (nSPS) is 17.6. The average molecular weight is 256 g/mol. The Bertz CT molecular complexity index is 596. The minimum atomic E-state index is -0.808. The first-order valence-corrected chi connectivity index (χ1v) is 6.32. The van der Waals surface area contributed by atoms with Crippen LogP contribution in [-0.4, -0.2) is 20.7 Å². The van der Waals surface area contributed by atoms with Crippen LogP contribution in [0.15, 0.2) is 36.8 Å². The number of aliphatic hydroxyl groups excluding tert-OH is 1. The van der Waals surface area contributed by atoms with E-state index in [0.717, 1.165) is 23.3 Å². The predicted octanol–water partition coefficient (Wildman–Crippen LogP) is 2.27. The molecule has 4 nitrogen and oxygen atoms in total. The van der Waals surface area contributed by atoms with Gasteiger partial charge in [0.1, 0.15) is 17.5 Å². The molecule has 1 aliphatic heterocycles. The van der Waals surface area contributed by atoms with E-state index in [1.54, 1.807) is 18.6 Å². The van der Waals surface area contributed by atoms with Crippen LogP contribution in [0.3, 0.4) is 0 Å². The molecule has 2 aromatic rings. The summed E-state index contributed by atoms with van der Waals surface area (Å²) in [5, 5.41) is 10.4. The summed E-state index contributed by atoms with van der Waals surface area (Å²) in [6, 6.07) is 5.86. The highest BCUT2D eigenvalue weighted by molar-refractivity contribution is 5.48. The number of fused-ring (bicyclic) bond motifs is 1. The van der Waals surface area contributed by atoms with Crippen molar-refractivity contribution in [1.82, 2.24) is 9.97 Å². The largest absolute Gasteiger partial charge is 0.487 e. The molecule has 0 saturated carbocycles. The van der Waals surface area contributed by atoms with Crippen LogP contribution in [0.4, 0.5) is 0 Å². The number of hydrogen-bond donors (Lipinski definition) is 1. The third-order valence-electron chi connectivity index (χ3n) is 3.28. The van der Waals surface area contributed by atoms with Crippen molar-refractivity contribution in [2.24, 2.45) is 0 Å². The molecule has 1 aromatic carbocycles. The van der Waals surface area contributed by atoms with Crippen LogP contribution in [-0.2, 0) is 6.42 Å². The van der Waals surface area contributed by atoms with Crippen LogP contribution in [0.2, 0.25) is 0 Å². The monoisotopic (exact) mass is 256 g/mol. The van der Waals surface area contributed by atoms with Crippen molar-refractivity contribution in [3.05, 3.63) is 53.6 Å². The number of aliphatic hydroxyl groups is 1. The number of nitrogens with zero attached hydrogens (tertiary/aromatic N) is 2. The summed E-state index contributed by atoms with van der Waals surface area (Å²) in [5.74, 6) is 0.783. The van der Waals surface area contributed by atoms with E-state index in [2.05, 4.69) is 9.97 Å². The van der Waals surface area contributed by atoms with E-state index in [-0.39, 0.29) is 5.60 Å². The molecule has 0 amide bonds. The van der Waals surface area contributed by atoms with Crippen molar-refractivity contribution in [3.63, 3.8) is 0 Å². The van der Waals surface area contributed by atoms with Crippen molar-refractivity contribution in [2.75, 3.05) is 0 Å². The Hall–Kier alpha value is -1.94. The third kappa shape index (κ3) is 2.19. The zero-order valence-electron chi connectivity index (χ0n) is 11.0. The van der Waals surface area contributed by atoms with E-state index < -0.39 is 6.10 Å². The van der Waals surface area contributed by atoms with Crippen LogP contribution in [0.5, 0.6) is 5.75 Å². The van der Waals surface area contributed by atoms with E-state index >= 15 is 0 Å². The second-order valence-corrected chi connectivity index (χ2v) is 5.41. The summed E-state index contributed by atoms with van der Waals surface area (Å²) in [6.07, 6.45) is 4.78. The topological polar surface area (TPSA) is 55.2 Å². The summed E-state index contributed by atoms with van der Waals surface area (Å²) < 4.78 is 5.96. The lowest BCUT2D eigenvalue weighted by molar-refractivity contribution is 0.131. The molecule has 19 heavy (non-hydrogen) atoms. The summed E-state index contributed by atoms with van der Waals surface area (Å²) in [7, 11) is 0. The van der Waals surface area contributed by atoms with Gasteiger partial charge < -0.3 is 9.84 Å². The number of benzene rings is 1. The van der Waals surface area contributed by atoms with Crippen LogP contribution in [0.1, 0.15) is 36.8 Å². The van der Waals surface area contributed by atoms with Gasteiger partial charge in [0, 0.05) is 24.4 Å². The molecule has 0 aliphatic carbocycles. The summed E-state index contributed by atoms with van der Waals surface area (Å²) in [4.78, 5) is 8.14. The van der Waals surface area contributed by atoms with E-state index in [1.165, 1.54) is 0 Å². The van der Waals surface area contributed by atoms with E-state index in [0.29, 0.717) is 5.69 Å². The molecule has 1 aromatic heterocycles. The fraction of sp³-hybridized carbons (Fsp3) is 0.333. The molecular formula is C15H16N2O2. The molecule has 1 N–H and O–H groups in total. The van der Waals surface area contributed by atoms with Crippen LogP contribution in [0, 0.1) is 0 Å². The molecule has 0 saturated heterocycles. The molecule has 4 heteroatoms. The Balaban J connectivity index is 2.02. The van der Waals surface area contributed by atoms with Gasteiger partial charge in [0.15, 0.2) is 0 Å². The van der Waals surface area contributed by atoms with Gasteiger partial charge in [-0.25, -0.2) is 0 Å². The molecular weight excluding hydrogens is 240 g/mol. The predicted molar refractivity (Wildman–Crippen MR) is 70.9 cm³/mol. The summed E-state index contributed by atoms with van der Waals surface area (Å²) in [6.45, 7) is 4.09. The van der Waals surface area contributed by atoms with Gasteiger partial charge in [0.2, 0.25) is 0 Å². The van der Waals surface area contributed by atoms with Crippen LogP contribution >= 0.6 is 0 Å². The molecule has 0 fully saturated rings. The second kappa shape index (κ2) is 4.31. The number of ether oxygens (including phenoxy) is 1. The van der Waals surface area contributed by atoms with Crippen molar-refractivity contribution < 1.29 is 9.84 Å². The zero-order chi connectivity index (χ0) is 13.5. The fourth-order valence-electron chi connectivity index (χ4n) is 2.47. The molecule has 3 rings (SSSR count). The van der Waals surface area contributed by atoms with Gasteiger partial charge in [-0.2, -0.15) is 0 Å². The first-order valence-electron chi connectivity index (χ1n) is 6.32. The quantitative estimate of drug-likeness (QED) is 0.895. The summed E-state index contributed by atoms with van der Waals surface area (Å²) in [5.41, 5.74) is 2.19. The number of hydrogen-bond acceptors (Lipinski definition) is 4. The molecule has 1 aliphatic rings. The number of aromatic nitrogens is 2. The Morgan fingerprint density at radius 2 is 2.16 bits per heavy atom. The smallest absolute Gasteiger partial charge is 0.129 e. The van der Waals surface area contributed by atoms with Gasteiger partial charge in [-0.15, -0.1) is 0 Å². The highest BCUT2D eigenvalue weighted by Gasteiger charge is 2.33. The van der Waals surface area contributed by atoms with Gasteiger partial charge in [-0.1, -0.05) is 18.2 Å². The van der Waals surface area contributed by atoms with E-state index in [9.17, 15) is 5.11 Å². The first kappa shape index (κ1) is 12.1. The SMILES string of the molecule is CC1(C)Cc2cccc(C(O)c3cnccn3)c2O1. The minimum absolute atomic E-state index is 0.222. The molecule has 1 atom stereocenters. The standard InChI is InChI=1S/C15H16N2O2/c1-15(2)8-10-4-3-5-11(14(10)19-15)13(18)12-9-16-6-7-17-12/h3-7,9,13,18H,8H2,1-2H3. The lowest BCUT2D eigenvalue weighted by Crippen LogP contribution is -2.25.